The van der Waals surface area contributed by atoms with Gasteiger partial charge in [-0.25, -0.2) is 9.37 Å². The smallest absolute Gasteiger partial charge is 0.138 e. The topological polar surface area (TPSA) is 82.3 Å². The summed E-state index contributed by atoms with van der Waals surface area (Å²) in [6.07, 6.45) is 5.75. The van der Waals surface area contributed by atoms with Crippen LogP contribution in [-0.4, -0.2) is 38.2 Å². The number of H-pyrrole nitrogens is 2. The molecule has 0 radical (unpaired) electrons. The van der Waals surface area contributed by atoms with Gasteiger partial charge in [0.2, 0.25) is 0 Å². The average Bonchev–Trinajstić information content (AvgIpc) is 3.43. The normalized spacial score (nSPS) is 15.1. The largest absolute Gasteiger partial charge is 0.338 e. The molecule has 6 rings (SSSR count). The number of nitrogens with zero attached hydrogens (tertiary/aromatic N) is 3. The van der Waals surface area contributed by atoms with Crippen LogP contribution in [0.25, 0.3) is 44.5 Å². The third-order valence-corrected chi connectivity index (χ3v) is 6.18. The molecule has 5 aromatic rings. The van der Waals surface area contributed by atoms with Crippen molar-refractivity contribution in [2.75, 3.05) is 13.1 Å². The van der Waals surface area contributed by atoms with Gasteiger partial charge in [0.25, 0.3) is 0 Å². The fraction of sp³-hybridized carbons (Fsp3) is 0.208. The van der Waals surface area contributed by atoms with Crippen molar-refractivity contribution in [2.45, 2.75) is 18.8 Å². The highest BCUT2D eigenvalue weighted by atomic mass is 19.1. The molecule has 0 saturated carbocycles. The molecule has 1 fully saturated rings. The molecule has 0 aliphatic carbocycles. The zero-order valence-electron chi connectivity index (χ0n) is 16.8. The summed E-state index contributed by atoms with van der Waals surface area (Å²) in [5, 5.41) is 13.0. The third kappa shape index (κ3) is 3.09. The van der Waals surface area contributed by atoms with Gasteiger partial charge in [-0.3, -0.25) is 10.1 Å². The molecule has 1 aliphatic rings. The Morgan fingerprint density at radius 3 is 2.68 bits per heavy atom. The number of rotatable bonds is 3. The van der Waals surface area contributed by atoms with Crippen molar-refractivity contribution in [3.05, 3.63) is 66.4 Å². The van der Waals surface area contributed by atoms with Crippen molar-refractivity contribution in [1.29, 1.82) is 0 Å². The Bertz CT molecular complexity index is 1400. The molecule has 0 bridgehead atoms. The van der Waals surface area contributed by atoms with Gasteiger partial charge in [-0.05, 0) is 55.8 Å². The number of benzene rings is 1. The van der Waals surface area contributed by atoms with Gasteiger partial charge in [0.05, 0.1) is 17.4 Å². The zero-order valence-corrected chi connectivity index (χ0v) is 16.8. The fourth-order valence-corrected chi connectivity index (χ4v) is 4.55. The summed E-state index contributed by atoms with van der Waals surface area (Å²) in [6.45, 7) is 2.05. The maximum Gasteiger partial charge on any atom is 0.138 e. The Morgan fingerprint density at radius 1 is 0.935 bits per heavy atom. The molecule has 31 heavy (non-hydrogen) atoms. The Kier molecular flexibility index (Phi) is 4.28. The van der Waals surface area contributed by atoms with Crippen molar-refractivity contribution < 1.29 is 4.39 Å². The van der Waals surface area contributed by atoms with E-state index in [4.69, 9.17) is 0 Å². The number of fused-ring (bicyclic) bond motifs is 2. The number of piperidine rings is 1. The lowest BCUT2D eigenvalue weighted by molar-refractivity contribution is 0.453. The summed E-state index contributed by atoms with van der Waals surface area (Å²) in [7, 11) is 0. The quantitative estimate of drug-likeness (QED) is 0.399. The molecule has 1 aliphatic heterocycles. The Labute approximate surface area is 177 Å². The SMILES string of the molecule is Fc1ccccc1-c1ccnc2[nH]c(-c3n[nH]c4cnc(C5CCNCC5)cc34)cc12. The van der Waals surface area contributed by atoms with E-state index in [9.17, 15) is 4.39 Å². The van der Waals surface area contributed by atoms with Crippen molar-refractivity contribution >= 4 is 21.9 Å². The van der Waals surface area contributed by atoms with E-state index in [1.807, 2.05) is 24.4 Å². The van der Waals surface area contributed by atoms with Crippen LogP contribution in [0, 0.1) is 5.82 Å². The van der Waals surface area contributed by atoms with Gasteiger partial charge < -0.3 is 10.3 Å². The first-order valence-corrected chi connectivity index (χ1v) is 10.6. The predicted octanol–water partition coefficient (Wildman–Crippen LogP) is 4.77. The minimum absolute atomic E-state index is 0.249. The van der Waals surface area contributed by atoms with Gasteiger partial charge in [-0.1, -0.05) is 18.2 Å². The molecule has 0 amide bonds. The summed E-state index contributed by atoms with van der Waals surface area (Å²) < 4.78 is 14.5. The molecule has 1 aromatic carbocycles. The van der Waals surface area contributed by atoms with Crippen LogP contribution in [0.1, 0.15) is 24.5 Å². The highest BCUT2D eigenvalue weighted by molar-refractivity contribution is 5.99. The Morgan fingerprint density at radius 2 is 1.81 bits per heavy atom. The van der Waals surface area contributed by atoms with Crippen LogP contribution in [0.5, 0.6) is 0 Å². The van der Waals surface area contributed by atoms with Crippen LogP contribution in [0.2, 0.25) is 0 Å². The standard InChI is InChI=1S/C24H21FN6/c25-19-4-2-1-3-16(19)15-7-10-27-24-17(15)11-21(29-24)23-18-12-20(14-5-8-26-9-6-14)28-13-22(18)30-31-23/h1-4,7,10-14,26H,5-6,8-9H2,(H,27,29)(H,30,31). The van der Waals surface area contributed by atoms with E-state index in [-0.39, 0.29) is 5.82 Å². The van der Waals surface area contributed by atoms with Crippen molar-refractivity contribution in [2.24, 2.45) is 0 Å². The first kappa shape index (κ1) is 18.2. The highest BCUT2D eigenvalue weighted by Crippen LogP contribution is 2.35. The molecular formula is C24H21FN6. The summed E-state index contributed by atoms with van der Waals surface area (Å²) >= 11 is 0. The molecule has 1 saturated heterocycles. The van der Waals surface area contributed by atoms with Gasteiger partial charge in [0.1, 0.15) is 17.2 Å². The second kappa shape index (κ2) is 7.28. The molecule has 7 heteroatoms. The van der Waals surface area contributed by atoms with Crippen LogP contribution < -0.4 is 5.32 Å². The first-order valence-electron chi connectivity index (χ1n) is 10.6. The molecule has 5 heterocycles. The number of hydrogen-bond acceptors (Lipinski definition) is 4. The zero-order chi connectivity index (χ0) is 20.8. The Hall–Kier alpha value is -3.58. The second-order valence-electron chi connectivity index (χ2n) is 8.03. The van der Waals surface area contributed by atoms with Gasteiger partial charge in [0.15, 0.2) is 0 Å². The van der Waals surface area contributed by atoms with Crippen molar-refractivity contribution in [1.82, 2.24) is 30.5 Å². The number of nitrogens with one attached hydrogen (secondary N) is 3. The molecule has 0 unspecified atom stereocenters. The monoisotopic (exact) mass is 412 g/mol. The molecular weight excluding hydrogens is 391 g/mol. The third-order valence-electron chi connectivity index (χ3n) is 6.18. The maximum atomic E-state index is 14.5. The van der Waals surface area contributed by atoms with Gasteiger partial charge >= 0.3 is 0 Å². The number of pyridine rings is 2. The van der Waals surface area contributed by atoms with E-state index in [0.29, 0.717) is 17.1 Å². The highest BCUT2D eigenvalue weighted by Gasteiger charge is 2.20. The Balaban J connectivity index is 1.48. The molecule has 154 valence electrons. The fourth-order valence-electron chi connectivity index (χ4n) is 4.55. The minimum atomic E-state index is -0.249. The number of hydrogen-bond donors (Lipinski definition) is 3. The van der Waals surface area contributed by atoms with Crippen molar-refractivity contribution in [3.63, 3.8) is 0 Å². The minimum Gasteiger partial charge on any atom is -0.338 e. The summed E-state index contributed by atoms with van der Waals surface area (Å²) in [5.74, 6) is 0.214. The van der Waals surface area contributed by atoms with Gasteiger partial charge in [0, 0.05) is 34.1 Å². The summed E-state index contributed by atoms with van der Waals surface area (Å²) in [4.78, 5) is 12.5. The predicted molar refractivity (Wildman–Crippen MR) is 119 cm³/mol. The van der Waals surface area contributed by atoms with E-state index >= 15 is 0 Å². The van der Waals surface area contributed by atoms with Gasteiger partial charge in [-0.2, -0.15) is 5.10 Å². The van der Waals surface area contributed by atoms with Crippen LogP contribution in [0.3, 0.4) is 0 Å². The molecule has 6 nitrogen and oxygen atoms in total. The van der Waals surface area contributed by atoms with Crippen LogP contribution in [0.15, 0.2) is 54.9 Å². The summed E-state index contributed by atoms with van der Waals surface area (Å²) in [5.41, 5.74) is 5.75. The lowest BCUT2D eigenvalue weighted by atomic mass is 9.93. The van der Waals surface area contributed by atoms with Crippen molar-refractivity contribution in [3.8, 4) is 22.5 Å². The van der Waals surface area contributed by atoms with Crippen LogP contribution >= 0.6 is 0 Å². The second-order valence-corrected chi connectivity index (χ2v) is 8.03. The number of halogens is 1. The maximum absolute atomic E-state index is 14.5. The van der Waals surface area contributed by atoms with E-state index in [1.165, 1.54) is 6.07 Å². The van der Waals surface area contributed by atoms with E-state index in [2.05, 4.69) is 36.5 Å². The van der Waals surface area contributed by atoms with E-state index in [1.54, 1.807) is 18.3 Å². The first-order chi connectivity index (χ1) is 15.3. The molecule has 0 atom stereocenters. The average molecular weight is 412 g/mol. The van der Waals surface area contributed by atoms with E-state index < -0.39 is 0 Å². The lowest BCUT2D eigenvalue weighted by Crippen LogP contribution is -2.27. The summed E-state index contributed by atoms with van der Waals surface area (Å²) in [6, 6.07) is 12.8. The lowest BCUT2D eigenvalue weighted by Gasteiger charge is -2.22. The number of aromatic amines is 2. The van der Waals surface area contributed by atoms with Gasteiger partial charge in [-0.15, -0.1) is 0 Å². The van der Waals surface area contributed by atoms with Crippen LogP contribution in [0.4, 0.5) is 4.39 Å². The molecule has 4 aromatic heterocycles. The number of aromatic nitrogens is 5. The molecule has 0 spiro atoms. The van der Waals surface area contributed by atoms with E-state index in [0.717, 1.165) is 64.9 Å². The molecule has 3 N–H and O–H groups in total. The van der Waals surface area contributed by atoms with Crippen LogP contribution in [-0.2, 0) is 0 Å².